The molecule has 33 heavy (non-hydrogen) atoms. The Balaban J connectivity index is 1.40. The molecular formula is C22H24F4N6O. The van der Waals surface area contributed by atoms with E-state index in [4.69, 9.17) is 5.41 Å². The molecule has 1 aromatic heterocycles. The summed E-state index contributed by atoms with van der Waals surface area (Å²) in [6.45, 7) is 1.28. The van der Waals surface area contributed by atoms with Crippen molar-refractivity contribution in [3.8, 4) is 0 Å². The number of likely N-dealkylation sites (tertiary alicyclic amines) is 1. The van der Waals surface area contributed by atoms with Crippen LogP contribution >= 0.6 is 0 Å². The van der Waals surface area contributed by atoms with Crippen molar-refractivity contribution < 1.29 is 22.4 Å². The van der Waals surface area contributed by atoms with E-state index in [0.29, 0.717) is 50.3 Å². The summed E-state index contributed by atoms with van der Waals surface area (Å²) in [4.78, 5) is 24.8. The summed E-state index contributed by atoms with van der Waals surface area (Å²) < 4.78 is 52.2. The zero-order valence-electron chi connectivity index (χ0n) is 17.8. The largest absolute Gasteiger partial charge is 0.362 e. The number of halogens is 4. The summed E-state index contributed by atoms with van der Waals surface area (Å²) in [5, 5.41) is 9.92. The molecule has 2 fully saturated rings. The number of nitrogens with one attached hydrogen (secondary N) is 2. The van der Waals surface area contributed by atoms with Gasteiger partial charge in [-0.1, -0.05) is 0 Å². The Labute approximate surface area is 188 Å². The van der Waals surface area contributed by atoms with Crippen LogP contribution in [0.3, 0.4) is 0 Å². The number of carbonyl (C=O) groups is 1. The molecule has 2 aliphatic heterocycles. The molecule has 0 radical (unpaired) electrons. The summed E-state index contributed by atoms with van der Waals surface area (Å²) >= 11 is 0. The Morgan fingerprint density at radius 1 is 1.18 bits per heavy atom. The van der Waals surface area contributed by atoms with Crippen molar-refractivity contribution in [2.24, 2.45) is 5.41 Å². The number of hydrogen-bond acceptors (Lipinski definition) is 6. The van der Waals surface area contributed by atoms with Gasteiger partial charge in [0.1, 0.15) is 23.1 Å². The second-order valence-electron chi connectivity index (χ2n) is 8.57. The maximum absolute atomic E-state index is 13.5. The molecule has 4 rings (SSSR count). The molecule has 176 valence electrons. The zero-order chi connectivity index (χ0) is 23.6. The maximum atomic E-state index is 13.5. The summed E-state index contributed by atoms with van der Waals surface area (Å²) in [7, 11) is 0. The minimum atomic E-state index is -2.56. The number of anilines is 2. The van der Waals surface area contributed by atoms with Crippen LogP contribution in [-0.4, -0.2) is 59.6 Å². The molecule has 2 saturated heterocycles. The van der Waals surface area contributed by atoms with Crippen molar-refractivity contribution in [1.29, 1.82) is 5.41 Å². The van der Waals surface area contributed by atoms with Crippen LogP contribution in [0.1, 0.15) is 30.5 Å². The van der Waals surface area contributed by atoms with Crippen molar-refractivity contribution in [2.45, 2.75) is 32.2 Å². The summed E-state index contributed by atoms with van der Waals surface area (Å²) in [6.07, 6.45) is 1.70. The quantitative estimate of drug-likeness (QED) is 0.484. The minimum Gasteiger partial charge on any atom is -0.362 e. The molecule has 0 unspecified atom stereocenters. The van der Waals surface area contributed by atoms with Gasteiger partial charge < -0.3 is 20.5 Å². The van der Waals surface area contributed by atoms with Crippen LogP contribution in [-0.2, 0) is 11.3 Å². The zero-order valence-corrected chi connectivity index (χ0v) is 17.8. The fourth-order valence-corrected chi connectivity index (χ4v) is 4.54. The number of carbonyl (C=O) groups excluding carboxylic acids is 1. The number of piperidine rings is 1. The summed E-state index contributed by atoms with van der Waals surface area (Å²) in [5.41, 5.74) is 0.373. The van der Waals surface area contributed by atoms with Gasteiger partial charge in [0, 0.05) is 50.3 Å². The van der Waals surface area contributed by atoms with Gasteiger partial charge in [0.05, 0.1) is 12.7 Å². The van der Waals surface area contributed by atoms with Gasteiger partial charge in [0.25, 0.3) is 6.43 Å². The average Bonchev–Trinajstić information content (AvgIpc) is 3.06. The highest BCUT2D eigenvalue weighted by Crippen LogP contribution is 2.42. The first kappa shape index (κ1) is 22.9. The van der Waals surface area contributed by atoms with Crippen LogP contribution < -0.4 is 10.2 Å². The standard InChI is InChI=1S/C22H24F4N6O/c23-15-5-14(6-16(24)7-15)12-32-13-22(8-20(32)33)1-3-31(4-2-22)19-11-28-17(9-27)21(30-19)29-10-18(25)26/h5-7,9,11,18,27H,1-4,8,10,12-13H2,(H,29,30). The molecular weight excluding hydrogens is 440 g/mol. The van der Waals surface area contributed by atoms with Gasteiger partial charge in [-0.3, -0.25) is 4.79 Å². The number of aromatic nitrogens is 2. The second-order valence-corrected chi connectivity index (χ2v) is 8.57. The Morgan fingerprint density at radius 3 is 2.52 bits per heavy atom. The number of amides is 1. The lowest BCUT2D eigenvalue weighted by molar-refractivity contribution is -0.128. The molecule has 7 nitrogen and oxygen atoms in total. The molecule has 11 heteroatoms. The number of rotatable bonds is 7. The van der Waals surface area contributed by atoms with E-state index < -0.39 is 24.6 Å². The molecule has 1 spiro atoms. The van der Waals surface area contributed by atoms with Gasteiger partial charge in [0.15, 0.2) is 5.82 Å². The molecule has 0 bridgehead atoms. The molecule has 1 aromatic carbocycles. The van der Waals surface area contributed by atoms with E-state index >= 15 is 0 Å². The second kappa shape index (κ2) is 9.32. The van der Waals surface area contributed by atoms with Gasteiger partial charge in [-0.2, -0.15) is 0 Å². The number of nitrogens with zero attached hydrogens (tertiary/aromatic N) is 4. The highest BCUT2D eigenvalue weighted by Gasteiger charge is 2.45. The van der Waals surface area contributed by atoms with Crippen molar-refractivity contribution in [2.75, 3.05) is 36.4 Å². The van der Waals surface area contributed by atoms with Gasteiger partial charge >= 0.3 is 0 Å². The SMILES string of the molecule is N=Cc1ncc(N2CCC3(CC2)CC(=O)N(Cc2cc(F)cc(F)c2)C3)nc1NCC(F)F. The molecule has 2 N–H and O–H groups in total. The number of hydrogen-bond donors (Lipinski definition) is 2. The Bertz CT molecular complexity index is 1020. The third-order valence-corrected chi connectivity index (χ3v) is 6.20. The van der Waals surface area contributed by atoms with Gasteiger partial charge in [-0.25, -0.2) is 27.5 Å². The van der Waals surface area contributed by atoms with Gasteiger partial charge in [-0.05, 0) is 30.5 Å². The third kappa shape index (κ3) is 5.23. The molecule has 0 aliphatic carbocycles. The first-order valence-corrected chi connectivity index (χ1v) is 10.6. The van der Waals surface area contributed by atoms with E-state index in [9.17, 15) is 22.4 Å². The van der Waals surface area contributed by atoms with Crippen LogP contribution in [0, 0.1) is 22.5 Å². The fraction of sp³-hybridized carbons (Fsp3) is 0.455. The highest BCUT2D eigenvalue weighted by atomic mass is 19.3. The Kier molecular flexibility index (Phi) is 6.48. The lowest BCUT2D eigenvalue weighted by Crippen LogP contribution is -2.42. The summed E-state index contributed by atoms with van der Waals surface area (Å²) in [6, 6.07) is 3.28. The van der Waals surface area contributed by atoms with Crippen molar-refractivity contribution in [3.63, 3.8) is 0 Å². The third-order valence-electron chi connectivity index (χ3n) is 6.20. The van der Waals surface area contributed by atoms with E-state index in [2.05, 4.69) is 15.3 Å². The molecule has 0 saturated carbocycles. The van der Waals surface area contributed by atoms with Crippen LogP contribution in [0.25, 0.3) is 0 Å². The average molecular weight is 464 g/mol. The maximum Gasteiger partial charge on any atom is 0.255 e. The predicted octanol–water partition coefficient (Wildman–Crippen LogP) is 3.45. The highest BCUT2D eigenvalue weighted by molar-refractivity contribution is 5.82. The monoisotopic (exact) mass is 464 g/mol. The number of benzene rings is 1. The first-order chi connectivity index (χ1) is 15.8. The van der Waals surface area contributed by atoms with Gasteiger partial charge in [-0.15, -0.1) is 0 Å². The van der Waals surface area contributed by atoms with Crippen molar-refractivity contribution in [3.05, 3.63) is 47.3 Å². The Hall–Kier alpha value is -3.24. The summed E-state index contributed by atoms with van der Waals surface area (Å²) in [5.74, 6) is -0.729. The predicted molar refractivity (Wildman–Crippen MR) is 115 cm³/mol. The van der Waals surface area contributed by atoms with Gasteiger partial charge in [0.2, 0.25) is 5.91 Å². The van der Waals surface area contributed by atoms with Crippen LogP contribution in [0.5, 0.6) is 0 Å². The van der Waals surface area contributed by atoms with Crippen molar-refractivity contribution >= 4 is 23.8 Å². The molecule has 0 atom stereocenters. The van der Waals surface area contributed by atoms with Crippen LogP contribution in [0.15, 0.2) is 24.4 Å². The van der Waals surface area contributed by atoms with Crippen LogP contribution in [0.2, 0.25) is 0 Å². The molecule has 2 aliphatic rings. The Morgan fingerprint density at radius 2 is 1.88 bits per heavy atom. The lowest BCUT2D eigenvalue weighted by Gasteiger charge is -2.39. The normalized spacial score (nSPS) is 17.8. The lowest BCUT2D eigenvalue weighted by atomic mass is 9.77. The molecule has 2 aromatic rings. The van der Waals surface area contributed by atoms with E-state index in [0.717, 1.165) is 12.3 Å². The minimum absolute atomic E-state index is 0.0401. The fourth-order valence-electron chi connectivity index (χ4n) is 4.54. The van der Waals surface area contributed by atoms with E-state index in [-0.39, 0.29) is 29.4 Å². The van der Waals surface area contributed by atoms with E-state index in [1.807, 2.05) is 4.90 Å². The smallest absolute Gasteiger partial charge is 0.255 e. The number of alkyl halides is 2. The molecule has 1 amide bonds. The topological polar surface area (TPSA) is 85.2 Å². The van der Waals surface area contributed by atoms with E-state index in [1.165, 1.54) is 18.3 Å². The first-order valence-electron chi connectivity index (χ1n) is 10.6. The molecule has 3 heterocycles. The van der Waals surface area contributed by atoms with E-state index in [1.54, 1.807) is 4.90 Å². The van der Waals surface area contributed by atoms with Crippen molar-refractivity contribution in [1.82, 2.24) is 14.9 Å². The van der Waals surface area contributed by atoms with Crippen LogP contribution in [0.4, 0.5) is 29.2 Å².